The summed E-state index contributed by atoms with van der Waals surface area (Å²) in [6.07, 6.45) is 0. The minimum absolute atomic E-state index is 0.0319. The van der Waals surface area contributed by atoms with Gasteiger partial charge in [0, 0.05) is 12.1 Å². The van der Waals surface area contributed by atoms with Crippen LogP contribution in [0.3, 0.4) is 0 Å². The summed E-state index contributed by atoms with van der Waals surface area (Å²) in [4.78, 5) is 10.3. The van der Waals surface area contributed by atoms with E-state index in [4.69, 9.17) is 14.2 Å². The predicted molar refractivity (Wildman–Crippen MR) is 135 cm³/mol. The molecule has 178 valence electrons. The average molecular weight is 470 g/mol. The van der Waals surface area contributed by atoms with Crippen molar-refractivity contribution in [2.75, 3.05) is 26.4 Å². The molecule has 0 aromatic heterocycles. The predicted octanol–water partition coefficient (Wildman–Crippen LogP) is 6.00. The number of nitro groups is 1. The molecule has 6 nitrogen and oxygen atoms in total. The van der Waals surface area contributed by atoms with Gasteiger partial charge in [0.25, 0.3) is 5.69 Å². The van der Waals surface area contributed by atoms with Gasteiger partial charge in [0.1, 0.15) is 18.0 Å². The molecule has 0 saturated heterocycles. The van der Waals surface area contributed by atoms with Crippen molar-refractivity contribution in [1.82, 2.24) is 0 Å². The lowest BCUT2D eigenvalue weighted by molar-refractivity contribution is -0.384. The standard InChI is InChI=1S/C29H27NO5/c31-30(32)27-16-18-28(19-17-27)34-22-20-33-21-23-35-29(24-10-4-1-5-11-24,25-12-6-2-7-13-25)26-14-8-3-9-15-26/h1-19H,20-23H2. The first-order valence-corrected chi connectivity index (χ1v) is 11.5. The smallest absolute Gasteiger partial charge is 0.269 e. The van der Waals surface area contributed by atoms with Crippen LogP contribution in [-0.4, -0.2) is 31.4 Å². The highest BCUT2D eigenvalue weighted by Gasteiger charge is 2.37. The van der Waals surface area contributed by atoms with Gasteiger partial charge in [-0.05, 0) is 28.8 Å². The molecule has 4 aromatic carbocycles. The van der Waals surface area contributed by atoms with Crippen LogP contribution in [0, 0.1) is 10.1 Å². The highest BCUT2D eigenvalue weighted by atomic mass is 16.6. The zero-order chi connectivity index (χ0) is 24.3. The van der Waals surface area contributed by atoms with Crippen molar-refractivity contribution in [2.24, 2.45) is 0 Å². The molecule has 0 fully saturated rings. The summed E-state index contributed by atoms with van der Waals surface area (Å²) in [5, 5.41) is 10.7. The van der Waals surface area contributed by atoms with Crippen LogP contribution in [0.5, 0.6) is 5.75 Å². The maximum absolute atomic E-state index is 10.7. The minimum Gasteiger partial charge on any atom is -0.491 e. The minimum atomic E-state index is -0.775. The van der Waals surface area contributed by atoms with E-state index in [-0.39, 0.29) is 5.69 Å². The summed E-state index contributed by atoms with van der Waals surface area (Å²) < 4.78 is 18.0. The second kappa shape index (κ2) is 11.9. The second-order valence-corrected chi connectivity index (χ2v) is 7.84. The SMILES string of the molecule is O=[N+]([O-])c1ccc(OCCOCCOC(c2ccccc2)(c2ccccc2)c2ccccc2)cc1. The summed E-state index contributed by atoms with van der Waals surface area (Å²) in [6.45, 7) is 1.46. The molecule has 35 heavy (non-hydrogen) atoms. The van der Waals surface area contributed by atoms with Gasteiger partial charge in [-0.1, -0.05) is 91.0 Å². The number of hydrogen-bond acceptors (Lipinski definition) is 5. The Morgan fingerprint density at radius 3 is 1.51 bits per heavy atom. The molecule has 0 N–H and O–H groups in total. The largest absolute Gasteiger partial charge is 0.491 e. The molecule has 0 aliphatic carbocycles. The van der Waals surface area contributed by atoms with Gasteiger partial charge in [-0.3, -0.25) is 10.1 Å². The Morgan fingerprint density at radius 2 is 1.06 bits per heavy atom. The molecule has 0 bridgehead atoms. The topological polar surface area (TPSA) is 70.8 Å². The van der Waals surface area contributed by atoms with E-state index < -0.39 is 10.5 Å². The van der Waals surface area contributed by atoms with E-state index in [2.05, 4.69) is 36.4 Å². The van der Waals surface area contributed by atoms with Crippen molar-refractivity contribution in [2.45, 2.75) is 5.60 Å². The molecule has 4 rings (SSSR count). The fraction of sp³-hybridized carbons (Fsp3) is 0.172. The third-order valence-corrected chi connectivity index (χ3v) is 5.63. The van der Waals surface area contributed by atoms with Gasteiger partial charge in [0.2, 0.25) is 0 Å². The van der Waals surface area contributed by atoms with E-state index in [0.29, 0.717) is 32.2 Å². The van der Waals surface area contributed by atoms with Crippen molar-refractivity contribution in [3.8, 4) is 5.75 Å². The molecule has 0 atom stereocenters. The zero-order valence-electron chi connectivity index (χ0n) is 19.3. The maximum atomic E-state index is 10.7. The molecule has 0 heterocycles. The van der Waals surface area contributed by atoms with E-state index in [1.54, 1.807) is 12.1 Å². The number of nitro benzene ring substituents is 1. The molecular formula is C29H27NO5. The van der Waals surface area contributed by atoms with Gasteiger partial charge in [-0.25, -0.2) is 0 Å². The number of non-ortho nitro benzene ring substituents is 1. The Hall–Kier alpha value is -4.00. The lowest BCUT2D eigenvalue weighted by atomic mass is 9.80. The van der Waals surface area contributed by atoms with E-state index >= 15 is 0 Å². The van der Waals surface area contributed by atoms with Gasteiger partial charge in [-0.2, -0.15) is 0 Å². The average Bonchev–Trinajstić information content (AvgIpc) is 2.92. The quantitative estimate of drug-likeness (QED) is 0.110. The van der Waals surface area contributed by atoms with E-state index in [1.165, 1.54) is 12.1 Å². The van der Waals surface area contributed by atoms with Gasteiger partial charge in [-0.15, -0.1) is 0 Å². The third-order valence-electron chi connectivity index (χ3n) is 5.63. The monoisotopic (exact) mass is 469 g/mol. The summed E-state index contributed by atoms with van der Waals surface area (Å²) in [6, 6.07) is 36.6. The first-order chi connectivity index (χ1) is 17.2. The summed E-state index contributed by atoms with van der Waals surface area (Å²) in [5.74, 6) is 0.562. The van der Waals surface area contributed by atoms with Crippen LogP contribution in [0.4, 0.5) is 5.69 Å². The summed E-state index contributed by atoms with van der Waals surface area (Å²) >= 11 is 0. The molecule has 0 spiro atoms. The lowest BCUT2D eigenvalue weighted by Gasteiger charge is -2.36. The van der Waals surface area contributed by atoms with E-state index in [9.17, 15) is 10.1 Å². The molecule has 0 unspecified atom stereocenters. The normalized spacial score (nSPS) is 11.2. The molecule has 0 aliphatic rings. The molecule has 0 saturated carbocycles. The molecular weight excluding hydrogens is 442 g/mol. The number of rotatable bonds is 12. The van der Waals surface area contributed by atoms with Crippen LogP contribution in [0.15, 0.2) is 115 Å². The molecule has 4 aromatic rings. The van der Waals surface area contributed by atoms with Crippen molar-refractivity contribution in [3.05, 3.63) is 142 Å². The highest BCUT2D eigenvalue weighted by Crippen LogP contribution is 2.40. The number of hydrogen-bond donors (Lipinski definition) is 0. The fourth-order valence-electron chi connectivity index (χ4n) is 4.01. The molecule has 0 radical (unpaired) electrons. The zero-order valence-corrected chi connectivity index (χ0v) is 19.3. The number of benzene rings is 4. The van der Waals surface area contributed by atoms with Crippen molar-refractivity contribution in [3.63, 3.8) is 0 Å². The van der Waals surface area contributed by atoms with Crippen LogP contribution in [0.2, 0.25) is 0 Å². The van der Waals surface area contributed by atoms with Crippen molar-refractivity contribution >= 4 is 5.69 Å². The van der Waals surface area contributed by atoms with Crippen LogP contribution in [0.1, 0.15) is 16.7 Å². The van der Waals surface area contributed by atoms with Crippen LogP contribution in [-0.2, 0) is 15.1 Å². The van der Waals surface area contributed by atoms with Crippen LogP contribution < -0.4 is 4.74 Å². The summed E-state index contributed by atoms with van der Waals surface area (Å²) in [7, 11) is 0. The Labute approximate surface area is 204 Å². The lowest BCUT2D eigenvalue weighted by Crippen LogP contribution is -2.34. The van der Waals surface area contributed by atoms with Gasteiger partial charge >= 0.3 is 0 Å². The number of nitrogens with zero attached hydrogens (tertiary/aromatic N) is 1. The molecule has 0 aliphatic heterocycles. The van der Waals surface area contributed by atoms with Crippen molar-refractivity contribution < 1.29 is 19.1 Å². The highest BCUT2D eigenvalue weighted by molar-refractivity contribution is 5.47. The Balaban J connectivity index is 1.41. The van der Waals surface area contributed by atoms with Gasteiger partial charge in [0.05, 0.1) is 24.7 Å². The maximum Gasteiger partial charge on any atom is 0.269 e. The van der Waals surface area contributed by atoms with Gasteiger partial charge < -0.3 is 14.2 Å². The van der Waals surface area contributed by atoms with Crippen molar-refractivity contribution in [1.29, 1.82) is 0 Å². The first kappa shape index (κ1) is 24.1. The van der Waals surface area contributed by atoms with Crippen LogP contribution in [0.25, 0.3) is 0 Å². The number of ether oxygens (including phenoxy) is 3. The molecule has 0 amide bonds. The Morgan fingerprint density at radius 1 is 0.600 bits per heavy atom. The Kier molecular flexibility index (Phi) is 8.22. The van der Waals surface area contributed by atoms with E-state index in [1.807, 2.05) is 54.6 Å². The van der Waals surface area contributed by atoms with Crippen LogP contribution >= 0.6 is 0 Å². The summed E-state index contributed by atoms with van der Waals surface area (Å²) in [5.41, 5.74) is 2.38. The van der Waals surface area contributed by atoms with Gasteiger partial charge in [0.15, 0.2) is 0 Å². The van der Waals surface area contributed by atoms with E-state index in [0.717, 1.165) is 16.7 Å². The second-order valence-electron chi connectivity index (χ2n) is 7.84. The first-order valence-electron chi connectivity index (χ1n) is 11.5. The molecule has 6 heteroatoms. The fourth-order valence-corrected chi connectivity index (χ4v) is 4.01. The Bertz CT molecular complexity index is 1090. The third kappa shape index (κ3) is 5.93.